The maximum atomic E-state index is 6.21. The second kappa shape index (κ2) is 11.6. The number of fused-ring (bicyclic) bond motifs is 1. The molecule has 160 valence electrons. The average molecular weight is 447 g/mol. The summed E-state index contributed by atoms with van der Waals surface area (Å²) in [6, 6.07) is 7.49. The van der Waals surface area contributed by atoms with Crippen molar-refractivity contribution in [1.29, 1.82) is 0 Å². The summed E-state index contributed by atoms with van der Waals surface area (Å²) in [5.74, 6) is 2.55. The van der Waals surface area contributed by atoms with Crippen LogP contribution in [-0.2, 0) is 24.3 Å². The Bertz CT molecular complexity index is 589. The third-order valence-corrected chi connectivity index (χ3v) is 10.4. The topological polar surface area (TPSA) is 55.4 Å². The molecule has 1 atom stereocenters. The first-order chi connectivity index (χ1) is 13.5. The summed E-state index contributed by atoms with van der Waals surface area (Å²) < 4.78 is 35.9. The number of thiol groups is 1. The maximum Gasteiger partial charge on any atom is 0.504 e. The monoisotopic (exact) mass is 446 g/mol. The fraction of sp³-hybridized carbons (Fsp3) is 0.684. The maximum absolute atomic E-state index is 6.21. The minimum Gasteiger partial charge on any atom is -0.520 e. The Labute approximate surface area is 176 Å². The van der Waals surface area contributed by atoms with E-state index in [4.69, 9.17) is 26.9 Å². The van der Waals surface area contributed by atoms with Gasteiger partial charge in [0.15, 0.2) is 0 Å². The molecule has 0 aromatic heterocycles. The van der Waals surface area contributed by atoms with Crippen LogP contribution in [0.2, 0.25) is 18.6 Å². The molecule has 0 saturated heterocycles. The number of hydrogen-bond donors (Lipinski definition) is 1. The first kappa shape index (κ1) is 23.7. The van der Waals surface area contributed by atoms with Crippen molar-refractivity contribution in [2.45, 2.75) is 52.4 Å². The van der Waals surface area contributed by atoms with Gasteiger partial charge in [-0.3, -0.25) is 0 Å². The molecular formula is C19H34O6SSi2. The second-order valence-corrected chi connectivity index (χ2v) is 13.1. The molecular weight excluding hydrogens is 412 g/mol. The summed E-state index contributed by atoms with van der Waals surface area (Å²) >= 11 is 4.29. The van der Waals surface area contributed by atoms with Crippen molar-refractivity contribution in [3.63, 3.8) is 0 Å². The van der Waals surface area contributed by atoms with E-state index in [1.807, 2.05) is 39.0 Å². The van der Waals surface area contributed by atoms with E-state index < -0.39 is 17.4 Å². The van der Waals surface area contributed by atoms with Crippen molar-refractivity contribution >= 4 is 30.0 Å². The van der Waals surface area contributed by atoms with E-state index in [9.17, 15) is 0 Å². The normalized spacial score (nSPS) is 19.2. The highest BCUT2D eigenvalue weighted by molar-refractivity contribution is 7.80. The number of rotatable bonds is 13. The number of benzene rings is 1. The van der Waals surface area contributed by atoms with Gasteiger partial charge in [-0.25, -0.2) is 0 Å². The van der Waals surface area contributed by atoms with Gasteiger partial charge in [0.1, 0.15) is 11.5 Å². The zero-order valence-corrected chi connectivity index (χ0v) is 20.4. The molecule has 0 aliphatic carbocycles. The molecule has 0 saturated carbocycles. The smallest absolute Gasteiger partial charge is 0.504 e. The Balaban J connectivity index is 1.95. The van der Waals surface area contributed by atoms with Crippen molar-refractivity contribution in [1.82, 2.24) is 0 Å². The van der Waals surface area contributed by atoms with Gasteiger partial charge < -0.3 is 26.9 Å². The largest absolute Gasteiger partial charge is 0.520 e. The van der Waals surface area contributed by atoms with Crippen LogP contribution in [0.4, 0.5) is 0 Å². The molecule has 0 fully saturated rings. The molecule has 1 aliphatic heterocycles. The molecule has 1 aromatic rings. The van der Waals surface area contributed by atoms with Crippen molar-refractivity contribution < 1.29 is 26.9 Å². The Morgan fingerprint density at radius 3 is 2.39 bits per heavy atom. The fourth-order valence-electron chi connectivity index (χ4n) is 3.17. The summed E-state index contributed by atoms with van der Waals surface area (Å²) in [5.41, 5.74) is 1.02. The summed E-state index contributed by atoms with van der Waals surface area (Å²) in [6.07, 6.45) is 1.01. The third-order valence-electron chi connectivity index (χ3n) is 4.45. The molecule has 0 amide bonds. The molecule has 6 nitrogen and oxygen atoms in total. The third kappa shape index (κ3) is 6.75. The standard InChI is InChI=1S/C19H34O6SSi2/c1-5-21-28(22-6-2,23-7-3)14-11-20-18-9-10-19-17(15-18)16-24-27(4,25-19)13-8-12-26/h9-10,15,26H,5-8,11-14,16H2,1-4H3. The van der Waals surface area contributed by atoms with E-state index in [2.05, 4.69) is 19.2 Å². The van der Waals surface area contributed by atoms with E-state index >= 15 is 0 Å². The molecule has 1 heterocycles. The average Bonchev–Trinajstić information content (AvgIpc) is 2.67. The van der Waals surface area contributed by atoms with E-state index in [0.717, 1.165) is 35.3 Å². The van der Waals surface area contributed by atoms with Gasteiger partial charge in [0, 0.05) is 31.4 Å². The van der Waals surface area contributed by atoms with Gasteiger partial charge in [-0.1, -0.05) is 0 Å². The van der Waals surface area contributed by atoms with Gasteiger partial charge in [-0.05, 0) is 57.7 Å². The van der Waals surface area contributed by atoms with E-state index in [1.165, 1.54) is 0 Å². The lowest BCUT2D eigenvalue weighted by Crippen LogP contribution is -2.47. The van der Waals surface area contributed by atoms with Crippen LogP contribution in [0.5, 0.6) is 11.5 Å². The fourth-order valence-corrected chi connectivity index (χ4v) is 8.23. The molecule has 9 heteroatoms. The van der Waals surface area contributed by atoms with Crippen molar-refractivity contribution in [2.24, 2.45) is 0 Å². The minimum absolute atomic E-state index is 0.473. The Hall–Kier alpha value is -0.556. The molecule has 0 spiro atoms. The Kier molecular flexibility index (Phi) is 9.81. The predicted molar refractivity (Wildman–Crippen MR) is 118 cm³/mol. The Morgan fingerprint density at radius 2 is 1.79 bits per heavy atom. The highest BCUT2D eigenvalue weighted by Gasteiger charge is 2.40. The molecule has 2 rings (SSSR count). The lowest BCUT2D eigenvalue weighted by molar-refractivity contribution is 0.0675. The molecule has 28 heavy (non-hydrogen) atoms. The highest BCUT2D eigenvalue weighted by atomic mass is 32.1. The number of hydrogen-bond acceptors (Lipinski definition) is 7. The Morgan fingerprint density at radius 1 is 1.11 bits per heavy atom. The van der Waals surface area contributed by atoms with Crippen molar-refractivity contribution in [3.8, 4) is 11.5 Å². The molecule has 0 radical (unpaired) electrons. The predicted octanol–water partition coefficient (Wildman–Crippen LogP) is 4.41. The molecule has 1 unspecified atom stereocenters. The van der Waals surface area contributed by atoms with Crippen LogP contribution < -0.4 is 9.16 Å². The lowest BCUT2D eigenvalue weighted by atomic mass is 10.2. The van der Waals surface area contributed by atoms with Crippen LogP contribution in [-0.4, -0.2) is 49.5 Å². The van der Waals surface area contributed by atoms with Crippen molar-refractivity contribution in [3.05, 3.63) is 23.8 Å². The highest BCUT2D eigenvalue weighted by Crippen LogP contribution is 2.34. The summed E-state index contributed by atoms with van der Waals surface area (Å²) in [4.78, 5) is 0. The van der Waals surface area contributed by atoms with Crippen LogP contribution in [0.1, 0.15) is 32.8 Å². The van der Waals surface area contributed by atoms with Gasteiger partial charge in [-0.15, -0.1) is 0 Å². The zero-order valence-electron chi connectivity index (χ0n) is 17.5. The van der Waals surface area contributed by atoms with Crippen LogP contribution in [0, 0.1) is 0 Å². The quantitative estimate of drug-likeness (QED) is 0.358. The van der Waals surface area contributed by atoms with Gasteiger partial charge in [0.05, 0.1) is 19.3 Å². The minimum atomic E-state index is -2.68. The number of ether oxygens (including phenoxy) is 1. The van der Waals surface area contributed by atoms with Crippen LogP contribution in [0.15, 0.2) is 18.2 Å². The van der Waals surface area contributed by atoms with E-state index in [0.29, 0.717) is 39.1 Å². The van der Waals surface area contributed by atoms with Gasteiger partial charge in [-0.2, -0.15) is 12.6 Å². The zero-order chi connectivity index (χ0) is 20.5. The van der Waals surface area contributed by atoms with Crippen LogP contribution >= 0.6 is 12.6 Å². The molecule has 0 bridgehead atoms. The lowest BCUT2D eigenvalue weighted by Gasteiger charge is -2.33. The second-order valence-electron chi connectivity index (χ2n) is 6.70. The van der Waals surface area contributed by atoms with Gasteiger partial charge >= 0.3 is 17.4 Å². The van der Waals surface area contributed by atoms with E-state index in [1.54, 1.807) is 0 Å². The van der Waals surface area contributed by atoms with E-state index in [-0.39, 0.29) is 0 Å². The summed E-state index contributed by atoms with van der Waals surface area (Å²) in [7, 11) is -4.82. The van der Waals surface area contributed by atoms with Crippen molar-refractivity contribution in [2.75, 3.05) is 32.2 Å². The van der Waals surface area contributed by atoms with Gasteiger partial charge in [0.2, 0.25) is 0 Å². The SMILES string of the molecule is CCO[Si](CCOc1ccc2c(c1)CO[Si](C)(CCCS)O2)(OCC)OCC. The van der Waals surface area contributed by atoms with Gasteiger partial charge in [0.25, 0.3) is 0 Å². The molecule has 0 N–H and O–H groups in total. The summed E-state index contributed by atoms with van der Waals surface area (Å²) in [6.45, 7) is 10.7. The first-order valence-electron chi connectivity index (χ1n) is 10.1. The molecule has 1 aromatic carbocycles. The summed E-state index contributed by atoms with van der Waals surface area (Å²) in [5, 5.41) is 0. The first-order valence-corrected chi connectivity index (χ1v) is 15.2. The van der Waals surface area contributed by atoms with Crippen LogP contribution in [0.3, 0.4) is 0 Å². The van der Waals surface area contributed by atoms with Crippen LogP contribution in [0.25, 0.3) is 0 Å². The molecule has 1 aliphatic rings.